The van der Waals surface area contributed by atoms with E-state index in [1.165, 1.54) is 0 Å². The van der Waals surface area contributed by atoms with Crippen LogP contribution >= 0.6 is 0 Å². The maximum atomic E-state index is 12.4. The Labute approximate surface area is 144 Å². The zero-order valence-corrected chi connectivity index (χ0v) is 13.7. The van der Waals surface area contributed by atoms with Crippen LogP contribution in [0, 0.1) is 0 Å². The first kappa shape index (κ1) is 14.3. The van der Waals surface area contributed by atoms with E-state index in [4.69, 9.17) is 9.57 Å². The molecule has 0 amide bonds. The van der Waals surface area contributed by atoms with Crippen molar-refractivity contribution in [3.63, 3.8) is 0 Å². The Kier molecular flexibility index (Phi) is 2.99. The number of anilines is 1. The standard InChI is InChI=1S/C20H16N2O3/c1-2-24-20(23)15-11-21-18-17(15)14-10-13(12-6-4-3-5-7-12)8-9-16(14)22-19(18)25-22/h3-11,19,21H,2H2,1H3. The molecule has 124 valence electrons. The van der Waals surface area contributed by atoms with E-state index in [2.05, 4.69) is 29.2 Å². The molecule has 0 saturated carbocycles. The number of benzene rings is 2. The average Bonchev–Trinajstić information content (AvgIpc) is 3.33. The lowest BCUT2D eigenvalue weighted by Crippen LogP contribution is -2.09. The van der Waals surface area contributed by atoms with Crippen LogP contribution in [-0.2, 0) is 9.57 Å². The quantitative estimate of drug-likeness (QED) is 0.574. The first-order chi connectivity index (χ1) is 12.3. The smallest absolute Gasteiger partial charge is 0.340 e. The molecule has 1 saturated heterocycles. The molecule has 2 aliphatic heterocycles. The summed E-state index contributed by atoms with van der Waals surface area (Å²) in [7, 11) is 0. The average molecular weight is 332 g/mol. The highest BCUT2D eigenvalue weighted by molar-refractivity contribution is 6.02. The van der Waals surface area contributed by atoms with Gasteiger partial charge in [0.2, 0.25) is 6.23 Å². The van der Waals surface area contributed by atoms with Gasteiger partial charge in [-0.25, -0.2) is 14.7 Å². The fourth-order valence-electron chi connectivity index (χ4n) is 3.47. The van der Waals surface area contributed by atoms with E-state index in [0.29, 0.717) is 12.2 Å². The molecule has 1 fully saturated rings. The van der Waals surface area contributed by atoms with Gasteiger partial charge in [-0.05, 0) is 30.2 Å². The van der Waals surface area contributed by atoms with Gasteiger partial charge in [0.05, 0.1) is 23.6 Å². The van der Waals surface area contributed by atoms with Crippen molar-refractivity contribution in [2.75, 3.05) is 11.7 Å². The van der Waals surface area contributed by atoms with E-state index in [1.807, 2.05) is 36.3 Å². The molecule has 1 atom stereocenters. The second-order valence-electron chi connectivity index (χ2n) is 6.09. The van der Waals surface area contributed by atoms with Crippen LogP contribution in [0.4, 0.5) is 5.69 Å². The second-order valence-corrected chi connectivity index (χ2v) is 6.09. The number of rotatable bonds is 3. The molecule has 0 bridgehead atoms. The predicted molar refractivity (Wildman–Crippen MR) is 93.9 cm³/mol. The molecule has 25 heavy (non-hydrogen) atoms. The molecule has 5 nitrogen and oxygen atoms in total. The highest BCUT2D eigenvalue weighted by atomic mass is 16.8. The van der Waals surface area contributed by atoms with Gasteiger partial charge >= 0.3 is 5.97 Å². The van der Waals surface area contributed by atoms with Crippen LogP contribution in [0.3, 0.4) is 0 Å². The van der Waals surface area contributed by atoms with E-state index < -0.39 is 0 Å². The number of fused-ring (bicyclic) bond motifs is 6. The zero-order chi connectivity index (χ0) is 17.0. The van der Waals surface area contributed by atoms with Crippen LogP contribution in [0.2, 0.25) is 0 Å². The van der Waals surface area contributed by atoms with Crippen molar-refractivity contribution in [1.82, 2.24) is 4.98 Å². The van der Waals surface area contributed by atoms with Crippen LogP contribution in [-0.4, -0.2) is 17.6 Å². The number of hydrogen-bond donors (Lipinski definition) is 1. The second kappa shape index (κ2) is 5.22. The summed E-state index contributed by atoms with van der Waals surface area (Å²) >= 11 is 0. The Hall–Kier alpha value is -3.05. The molecule has 5 heteroatoms. The molecule has 1 unspecified atom stereocenters. The lowest BCUT2D eigenvalue weighted by atomic mass is 9.93. The van der Waals surface area contributed by atoms with Gasteiger partial charge in [-0.2, -0.15) is 0 Å². The molecule has 0 spiro atoms. The van der Waals surface area contributed by atoms with E-state index in [0.717, 1.165) is 33.6 Å². The van der Waals surface area contributed by atoms with E-state index in [1.54, 1.807) is 6.20 Å². The summed E-state index contributed by atoms with van der Waals surface area (Å²) in [5.41, 5.74) is 6.52. The molecular weight excluding hydrogens is 316 g/mol. The Morgan fingerprint density at radius 3 is 2.84 bits per heavy atom. The number of aromatic amines is 1. The van der Waals surface area contributed by atoms with Gasteiger partial charge in [0, 0.05) is 17.3 Å². The maximum absolute atomic E-state index is 12.4. The van der Waals surface area contributed by atoms with Crippen molar-refractivity contribution in [3.8, 4) is 22.3 Å². The predicted octanol–water partition coefficient (Wildman–Crippen LogP) is 4.29. The lowest BCUT2D eigenvalue weighted by molar-refractivity contribution is 0.0527. The maximum Gasteiger partial charge on any atom is 0.340 e. The normalized spacial score (nSPS) is 16.7. The topological polar surface area (TPSA) is 57.6 Å². The van der Waals surface area contributed by atoms with Gasteiger partial charge in [0.25, 0.3) is 0 Å². The summed E-state index contributed by atoms with van der Waals surface area (Å²) in [5.74, 6) is -0.315. The molecule has 1 N–H and O–H groups in total. The van der Waals surface area contributed by atoms with Crippen LogP contribution in [0.25, 0.3) is 22.3 Å². The third kappa shape index (κ3) is 2.09. The monoisotopic (exact) mass is 332 g/mol. The number of ether oxygens (including phenoxy) is 1. The minimum Gasteiger partial charge on any atom is -0.462 e. The van der Waals surface area contributed by atoms with Gasteiger partial charge in [0.15, 0.2) is 0 Å². The number of nitrogens with one attached hydrogen (secondary N) is 1. The van der Waals surface area contributed by atoms with Gasteiger partial charge in [-0.1, -0.05) is 36.4 Å². The summed E-state index contributed by atoms with van der Waals surface area (Å²) < 4.78 is 5.22. The molecule has 3 heterocycles. The summed E-state index contributed by atoms with van der Waals surface area (Å²) in [6, 6.07) is 16.4. The third-order valence-corrected chi connectivity index (χ3v) is 4.64. The molecular formula is C20H16N2O3. The largest absolute Gasteiger partial charge is 0.462 e. The number of esters is 1. The first-order valence-corrected chi connectivity index (χ1v) is 8.32. The van der Waals surface area contributed by atoms with Crippen molar-refractivity contribution in [2.24, 2.45) is 0 Å². The summed E-state index contributed by atoms with van der Waals surface area (Å²) in [4.78, 5) is 21.2. The highest BCUT2D eigenvalue weighted by Gasteiger charge is 2.48. The van der Waals surface area contributed by atoms with Crippen LogP contribution < -0.4 is 5.06 Å². The molecule has 0 radical (unpaired) electrons. The Bertz CT molecular complexity index is 978. The number of carbonyl (C=O) groups excluding carboxylic acids is 1. The van der Waals surface area contributed by atoms with E-state index >= 15 is 0 Å². The summed E-state index contributed by atoms with van der Waals surface area (Å²) in [5, 5.41) is 1.86. The fourth-order valence-corrected chi connectivity index (χ4v) is 3.47. The number of H-pyrrole nitrogens is 1. The molecule has 2 aliphatic rings. The van der Waals surface area contributed by atoms with Crippen molar-refractivity contribution < 1.29 is 14.4 Å². The summed E-state index contributed by atoms with van der Waals surface area (Å²) in [6.45, 7) is 2.16. The lowest BCUT2D eigenvalue weighted by Gasteiger charge is -2.17. The molecule has 5 rings (SSSR count). The third-order valence-electron chi connectivity index (χ3n) is 4.64. The van der Waals surface area contributed by atoms with E-state index in [9.17, 15) is 4.79 Å². The molecule has 3 aromatic rings. The van der Waals surface area contributed by atoms with Gasteiger partial charge in [-0.3, -0.25) is 0 Å². The first-order valence-electron chi connectivity index (χ1n) is 8.32. The van der Waals surface area contributed by atoms with Crippen molar-refractivity contribution in [2.45, 2.75) is 13.2 Å². The van der Waals surface area contributed by atoms with Gasteiger partial charge in [0.1, 0.15) is 0 Å². The number of hydrogen-bond acceptors (Lipinski definition) is 4. The minimum absolute atomic E-state index is 0.145. The number of hydroxylamine groups is 1. The van der Waals surface area contributed by atoms with Crippen LogP contribution in [0.15, 0.2) is 54.7 Å². The molecule has 1 aromatic heterocycles. The van der Waals surface area contributed by atoms with Crippen molar-refractivity contribution in [3.05, 3.63) is 66.0 Å². The number of carbonyl (C=O) groups is 1. The number of aromatic nitrogens is 1. The van der Waals surface area contributed by atoms with Crippen molar-refractivity contribution in [1.29, 1.82) is 0 Å². The minimum atomic E-state index is -0.315. The SMILES string of the molecule is CCOC(=O)c1c[nH]c2c1-c1cc(-c3ccccc3)ccc1N1OC21. The fraction of sp³-hybridized carbons (Fsp3) is 0.150. The van der Waals surface area contributed by atoms with Crippen molar-refractivity contribution >= 4 is 11.7 Å². The van der Waals surface area contributed by atoms with E-state index in [-0.39, 0.29) is 12.2 Å². The Morgan fingerprint density at radius 1 is 1.20 bits per heavy atom. The molecule has 0 aliphatic carbocycles. The zero-order valence-electron chi connectivity index (χ0n) is 13.7. The Balaban J connectivity index is 1.69. The molecule has 2 aromatic carbocycles. The Morgan fingerprint density at radius 2 is 2.04 bits per heavy atom. The summed E-state index contributed by atoms with van der Waals surface area (Å²) in [6.07, 6.45) is 1.57. The van der Waals surface area contributed by atoms with Gasteiger partial charge < -0.3 is 9.72 Å². The van der Waals surface area contributed by atoms with Crippen LogP contribution in [0.5, 0.6) is 0 Å². The van der Waals surface area contributed by atoms with Gasteiger partial charge in [-0.15, -0.1) is 0 Å². The van der Waals surface area contributed by atoms with Crippen LogP contribution in [0.1, 0.15) is 29.2 Å². The number of nitrogens with zero attached hydrogens (tertiary/aromatic N) is 1. The highest BCUT2D eigenvalue weighted by Crippen LogP contribution is 2.54.